The molecule has 1 radical (unpaired) electrons. The van der Waals surface area contributed by atoms with Crippen molar-refractivity contribution >= 4 is 80.1 Å². The zero-order valence-electron chi connectivity index (χ0n) is 33.1. The van der Waals surface area contributed by atoms with Crippen LogP contribution in [0.2, 0.25) is 0 Å². The molecule has 1 N–H and O–H groups in total. The van der Waals surface area contributed by atoms with Crippen molar-refractivity contribution in [1.82, 2.24) is 4.98 Å². The molecule has 0 bridgehead atoms. The van der Waals surface area contributed by atoms with Crippen molar-refractivity contribution in [2.45, 2.75) is 121 Å². The number of aliphatic hydroxyl groups is 1. The van der Waals surface area contributed by atoms with E-state index in [1.54, 1.807) is 0 Å². The third-order valence-electron chi connectivity index (χ3n) is 11.3. The average Bonchev–Trinajstić information content (AvgIpc) is 3.81. The van der Waals surface area contributed by atoms with Gasteiger partial charge in [0.2, 0.25) is 0 Å². The minimum Gasteiger partial charge on any atom is -0.512 e. The molecule has 4 aromatic heterocycles. The monoisotopic (exact) mass is 931 g/mol. The van der Waals surface area contributed by atoms with E-state index in [1.807, 2.05) is 81.7 Å². The average molecular weight is 931 g/mol. The number of carbonyl (C=O) groups excluding carboxylic acids is 1. The van der Waals surface area contributed by atoms with E-state index in [-0.39, 0.29) is 47.9 Å². The largest absolute Gasteiger partial charge is 0.512 e. The standard InChI is InChI=1S/C30H28NS3.C15H28O2.Ir/c1-16(2)13-22-17(3)33-28-20(22)7-8-24-25(28)21-9-11-31-26(29(21)34-24)19-14-18-10-12-32-27(18)23(15-19)30(4,5)6;1-7-14(5,8-2)12(16)11-13(17)15(6,9-3)10-4;/h7-12,15-16H,13H2,1-6H3;11,16H,7-10H2,1-6H3;/q-1;;/b;12-11-;. The van der Waals surface area contributed by atoms with E-state index >= 15 is 0 Å². The first kappa shape index (κ1) is 42.3. The van der Waals surface area contributed by atoms with Crippen LogP contribution in [0.1, 0.15) is 118 Å². The maximum absolute atomic E-state index is 12.2. The van der Waals surface area contributed by atoms with Crippen molar-refractivity contribution in [2.24, 2.45) is 16.7 Å². The summed E-state index contributed by atoms with van der Waals surface area (Å²) < 4.78 is 5.39. The number of nitrogens with zero attached hydrogens (tertiary/aromatic N) is 1. The Morgan fingerprint density at radius 3 is 2.13 bits per heavy atom. The number of thiophene rings is 3. The van der Waals surface area contributed by atoms with Gasteiger partial charge in [0.15, 0.2) is 5.78 Å². The van der Waals surface area contributed by atoms with Gasteiger partial charge in [0.1, 0.15) is 5.76 Å². The maximum Gasteiger partial charge on any atom is 0.164 e. The van der Waals surface area contributed by atoms with Gasteiger partial charge in [-0.15, -0.1) is 46.3 Å². The second-order valence-corrected chi connectivity index (χ2v) is 19.3. The summed E-state index contributed by atoms with van der Waals surface area (Å²) in [4.78, 5) is 18.5. The molecule has 0 unspecified atom stereocenters. The summed E-state index contributed by atoms with van der Waals surface area (Å²) in [6.45, 7) is 25.9. The van der Waals surface area contributed by atoms with Crippen molar-refractivity contribution in [2.75, 3.05) is 0 Å². The van der Waals surface area contributed by atoms with Gasteiger partial charge >= 0.3 is 0 Å². The molecule has 0 aliphatic rings. The van der Waals surface area contributed by atoms with E-state index in [2.05, 4.69) is 83.3 Å². The fourth-order valence-electron chi connectivity index (χ4n) is 6.74. The molecule has 0 saturated carbocycles. The molecule has 6 rings (SSSR count). The molecule has 281 valence electrons. The Labute approximate surface area is 337 Å². The van der Waals surface area contributed by atoms with Gasteiger partial charge in [0.05, 0.1) is 0 Å². The number of aromatic nitrogens is 1. The Hall–Kier alpha value is -2.41. The van der Waals surface area contributed by atoms with Crippen LogP contribution in [-0.4, -0.2) is 15.9 Å². The number of rotatable bonds is 10. The number of aliphatic hydroxyl groups excluding tert-OH is 1. The number of aryl methyl sites for hydroxylation is 1. The Balaban J connectivity index is 0.000000289. The van der Waals surface area contributed by atoms with E-state index < -0.39 is 0 Å². The SMILES string of the molecule is CCC(C)(CC)C(=O)/C=C(\O)C(C)(CC)CC.Cc1sc2c(ccc3sc4c(-c5[c-]c6ccsc6c(C(C)(C)C)c5)nccc4c32)c1CC(C)C.[Ir]. The van der Waals surface area contributed by atoms with E-state index in [4.69, 9.17) is 4.98 Å². The minimum absolute atomic E-state index is 0. The summed E-state index contributed by atoms with van der Waals surface area (Å²) in [5.41, 5.74) is 4.52. The molecule has 0 aliphatic carbocycles. The summed E-state index contributed by atoms with van der Waals surface area (Å²) in [6.07, 6.45) is 7.88. The molecule has 52 heavy (non-hydrogen) atoms. The molecule has 0 atom stereocenters. The molecule has 3 nitrogen and oxygen atoms in total. The van der Waals surface area contributed by atoms with Crippen LogP contribution in [0, 0.1) is 29.7 Å². The summed E-state index contributed by atoms with van der Waals surface area (Å²) in [7, 11) is 0. The molecule has 0 saturated heterocycles. The smallest absolute Gasteiger partial charge is 0.164 e. The summed E-state index contributed by atoms with van der Waals surface area (Å²) in [5, 5.41) is 17.7. The number of hydrogen-bond donors (Lipinski definition) is 1. The van der Waals surface area contributed by atoms with E-state index in [9.17, 15) is 9.90 Å². The van der Waals surface area contributed by atoms with Crippen LogP contribution < -0.4 is 0 Å². The van der Waals surface area contributed by atoms with Gasteiger partial charge in [-0.1, -0.05) is 93.4 Å². The molecule has 0 fully saturated rings. The molecule has 4 heterocycles. The Morgan fingerprint density at radius 2 is 1.54 bits per heavy atom. The van der Waals surface area contributed by atoms with Gasteiger partial charge in [-0.25, -0.2) is 0 Å². The van der Waals surface area contributed by atoms with E-state index in [1.165, 1.54) is 62.4 Å². The van der Waals surface area contributed by atoms with Crippen molar-refractivity contribution in [3.05, 3.63) is 75.8 Å². The zero-order chi connectivity index (χ0) is 37.5. The molecule has 0 amide bonds. The molecular formula is C45H56IrNO2S3-. The topological polar surface area (TPSA) is 50.2 Å². The van der Waals surface area contributed by atoms with Crippen LogP contribution in [0.3, 0.4) is 0 Å². The van der Waals surface area contributed by atoms with Crippen LogP contribution >= 0.6 is 34.0 Å². The number of pyridine rings is 1. The quantitative estimate of drug-likeness (QED) is 0.0846. The number of allylic oxidation sites excluding steroid dienone is 2. The van der Waals surface area contributed by atoms with E-state index in [0.717, 1.165) is 43.4 Å². The number of fused-ring (bicyclic) bond motifs is 6. The second kappa shape index (κ2) is 16.5. The third-order valence-corrected chi connectivity index (χ3v) is 14.6. The normalized spacial score (nSPS) is 12.9. The predicted octanol–water partition coefficient (Wildman–Crippen LogP) is 14.8. The van der Waals surface area contributed by atoms with Crippen LogP contribution in [-0.2, 0) is 36.7 Å². The van der Waals surface area contributed by atoms with Crippen molar-refractivity contribution in [3.63, 3.8) is 0 Å². The molecule has 0 spiro atoms. The van der Waals surface area contributed by atoms with Gasteiger partial charge < -0.3 is 5.11 Å². The molecular weight excluding hydrogens is 875 g/mol. The van der Waals surface area contributed by atoms with E-state index in [0.29, 0.717) is 5.92 Å². The van der Waals surface area contributed by atoms with Gasteiger partial charge in [-0.05, 0) is 88.9 Å². The fourth-order valence-corrected chi connectivity index (χ4v) is 10.3. The summed E-state index contributed by atoms with van der Waals surface area (Å²) in [5.74, 6) is 0.940. The Morgan fingerprint density at radius 1 is 0.885 bits per heavy atom. The van der Waals surface area contributed by atoms with Gasteiger partial charge in [-0.2, -0.15) is 11.3 Å². The zero-order valence-corrected chi connectivity index (χ0v) is 37.9. The summed E-state index contributed by atoms with van der Waals surface area (Å²) in [6, 6.07) is 15.1. The number of hydrogen-bond acceptors (Lipinski definition) is 6. The molecule has 6 aromatic rings. The van der Waals surface area contributed by atoms with Crippen LogP contribution in [0.4, 0.5) is 0 Å². The first-order valence-electron chi connectivity index (χ1n) is 18.6. The van der Waals surface area contributed by atoms with Crippen LogP contribution in [0.25, 0.3) is 51.6 Å². The Kier molecular flexibility index (Phi) is 13.5. The molecule has 2 aromatic carbocycles. The van der Waals surface area contributed by atoms with Crippen molar-refractivity contribution in [1.29, 1.82) is 0 Å². The van der Waals surface area contributed by atoms with Gasteiger partial charge in [0, 0.05) is 73.3 Å². The molecule has 7 heteroatoms. The number of benzene rings is 2. The number of ketones is 1. The van der Waals surface area contributed by atoms with Gasteiger partial charge in [-0.3, -0.25) is 9.78 Å². The molecule has 0 aliphatic heterocycles. The first-order valence-corrected chi connectivity index (χ1v) is 21.1. The van der Waals surface area contributed by atoms with Crippen molar-refractivity contribution < 1.29 is 30.0 Å². The predicted molar refractivity (Wildman–Crippen MR) is 227 cm³/mol. The maximum atomic E-state index is 12.2. The first-order chi connectivity index (χ1) is 24.0. The Bertz CT molecular complexity index is 2220. The second-order valence-electron chi connectivity index (χ2n) is 16.1. The fraction of sp³-hybridized carbons (Fsp3) is 0.467. The minimum atomic E-state index is -0.337. The van der Waals surface area contributed by atoms with Crippen LogP contribution in [0.15, 0.2) is 53.7 Å². The van der Waals surface area contributed by atoms with Crippen LogP contribution in [0.5, 0.6) is 0 Å². The van der Waals surface area contributed by atoms with Crippen molar-refractivity contribution in [3.8, 4) is 11.3 Å². The summed E-state index contributed by atoms with van der Waals surface area (Å²) >= 11 is 5.65. The van der Waals surface area contributed by atoms with Gasteiger partial charge in [0.25, 0.3) is 0 Å². The number of carbonyl (C=O) groups is 1. The third kappa shape index (κ3) is 8.15.